The average molecular weight is 252 g/mol. The Morgan fingerprint density at radius 2 is 1.94 bits per heavy atom. The number of anilines is 1. The summed E-state index contributed by atoms with van der Waals surface area (Å²) in [6.07, 6.45) is 7.13. The molecule has 102 valence electrons. The molecular formula is C13H24N4O. The summed E-state index contributed by atoms with van der Waals surface area (Å²) in [6, 6.07) is 0. The van der Waals surface area contributed by atoms with E-state index < -0.39 is 0 Å². The number of aromatic nitrogens is 2. The minimum Gasteiger partial charge on any atom is -0.342 e. The van der Waals surface area contributed by atoms with E-state index in [0.717, 1.165) is 25.3 Å². The molecule has 0 unspecified atom stereocenters. The van der Waals surface area contributed by atoms with Crippen molar-refractivity contribution >= 4 is 5.95 Å². The van der Waals surface area contributed by atoms with Crippen molar-refractivity contribution in [2.24, 2.45) is 5.73 Å². The maximum atomic E-state index is 6.02. The normalized spacial score (nSPS) is 19.5. The Labute approximate surface area is 109 Å². The first-order chi connectivity index (χ1) is 8.72. The summed E-state index contributed by atoms with van der Waals surface area (Å²) < 4.78 is 5.49. The van der Waals surface area contributed by atoms with Gasteiger partial charge < -0.3 is 15.2 Å². The van der Waals surface area contributed by atoms with Gasteiger partial charge in [0.25, 0.3) is 5.95 Å². The van der Waals surface area contributed by atoms with E-state index in [2.05, 4.69) is 17.1 Å². The molecule has 1 aliphatic carbocycles. The van der Waals surface area contributed by atoms with Gasteiger partial charge in [-0.2, -0.15) is 4.98 Å². The van der Waals surface area contributed by atoms with Gasteiger partial charge >= 0.3 is 0 Å². The van der Waals surface area contributed by atoms with Crippen LogP contribution in [0.25, 0.3) is 0 Å². The van der Waals surface area contributed by atoms with Crippen molar-refractivity contribution in [3.8, 4) is 0 Å². The molecule has 0 aromatic carbocycles. The molecule has 1 heterocycles. The van der Waals surface area contributed by atoms with E-state index in [9.17, 15) is 0 Å². The minimum absolute atomic E-state index is 0.0870. The molecule has 2 N–H and O–H groups in total. The van der Waals surface area contributed by atoms with E-state index in [1.165, 1.54) is 25.7 Å². The lowest BCUT2D eigenvalue weighted by atomic mass is 9.80. The first-order valence-corrected chi connectivity index (χ1v) is 6.97. The lowest BCUT2D eigenvalue weighted by Crippen LogP contribution is -2.35. The van der Waals surface area contributed by atoms with Crippen molar-refractivity contribution in [3.05, 3.63) is 5.89 Å². The van der Waals surface area contributed by atoms with Crippen LogP contribution in [0.1, 0.15) is 51.3 Å². The maximum absolute atomic E-state index is 6.02. The quantitative estimate of drug-likeness (QED) is 0.831. The van der Waals surface area contributed by atoms with E-state index >= 15 is 0 Å². The highest BCUT2D eigenvalue weighted by molar-refractivity contribution is 5.27. The fraction of sp³-hybridized carbons (Fsp3) is 0.846. The Morgan fingerprint density at radius 1 is 1.28 bits per heavy atom. The predicted octanol–water partition coefficient (Wildman–Crippen LogP) is 2.08. The van der Waals surface area contributed by atoms with Gasteiger partial charge in [-0.3, -0.25) is 0 Å². The first-order valence-electron chi connectivity index (χ1n) is 6.97. The molecule has 0 atom stereocenters. The van der Waals surface area contributed by atoms with Crippen LogP contribution in [-0.4, -0.2) is 30.3 Å². The molecule has 0 spiro atoms. The zero-order valence-electron chi connectivity index (χ0n) is 11.5. The van der Waals surface area contributed by atoms with Crippen molar-refractivity contribution in [2.45, 2.75) is 50.9 Å². The topological polar surface area (TPSA) is 68.2 Å². The third-order valence-corrected chi connectivity index (χ3v) is 4.14. The second kappa shape index (κ2) is 5.69. The Hall–Kier alpha value is -1.10. The van der Waals surface area contributed by atoms with Gasteiger partial charge in [0.15, 0.2) is 0 Å². The van der Waals surface area contributed by atoms with Gasteiger partial charge in [-0.15, -0.1) is 0 Å². The molecule has 18 heavy (non-hydrogen) atoms. The summed E-state index contributed by atoms with van der Waals surface area (Å²) in [7, 11) is 1.97. The van der Waals surface area contributed by atoms with Crippen LogP contribution >= 0.6 is 0 Å². The van der Waals surface area contributed by atoms with Crippen LogP contribution in [0, 0.1) is 0 Å². The van der Waals surface area contributed by atoms with Crippen molar-refractivity contribution < 1.29 is 4.52 Å². The van der Waals surface area contributed by atoms with Gasteiger partial charge in [-0.1, -0.05) is 25.7 Å². The molecule has 0 radical (unpaired) electrons. The molecule has 2 rings (SSSR count). The van der Waals surface area contributed by atoms with Crippen LogP contribution in [0.15, 0.2) is 4.52 Å². The zero-order valence-corrected chi connectivity index (χ0v) is 11.5. The van der Waals surface area contributed by atoms with Crippen molar-refractivity contribution in [1.29, 1.82) is 0 Å². The number of hydrogen-bond acceptors (Lipinski definition) is 5. The molecular weight excluding hydrogens is 228 g/mol. The van der Waals surface area contributed by atoms with Gasteiger partial charge in [-0.05, 0) is 24.9 Å². The zero-order chi connectivity index (χ0) is 13.0. The van der Waals surface area contributed by atoms with Gasteiger partial charge in [-0.25, -0.2) is 0 Å². The molecule has 1 aromatic rings. The highest BCUT2D eigenvalue weighted by atomic mass is 16.5. The number of nitrogens with two attached hydrogens (primary N) is 1. The van der Waals surface area contributed by atoms with E-state index in [4.69, 9.17) is 10.3 Å². The third kappa shape index (κ3) is 2.51. The number of nitrogens with zero attached hydrogens (tertiary/aromatic N) is 3. The van der Waals surface area contributed by atoms with Crippen molar-refractivity contribution in [3.63, 3.8) is 0 Å². The molecule has 1 aliphatic rings. The maximum Gasteiger partial charge on any atom is 0.265 e. The summed E-state index contributed by atoms with van der Waals surface area (Å²) in [5, 5.41) is 4.07. The van der Waals surface area contributed by atoms with E-state index in [-0.39, 0.29) is 5.41 Å². The highest BCUT2D eigenvalue weighted by Gasteiger charge is 2.37. The molecule has 1 saturated carbocycles. The second-order valence-corrected chi connectivity index (χ2v) is 5.31. The Kier molecular flexibility index (Phi) is 4.22. The second-order valence-electron chi connectivity index (χ2n) is 5.31. The van der Waals surface area contributed by atoms with Gasteiger partial charge in [0.1, 0.15) is 0 Å². The predicted molar refractivity (Wildman–Crippen MR) is 71.7 cm³/mol. The van der Waals surface area contributed by atoms with Crippen LogP contribution < -0.4 is 10.6 Å². The third-order valence-electron chi connectivity index (χ3n) is 4.14. The lowest BCUT2D eigenvalue weighted by molar-refractivity contribution is 0.257. The average Bonchev–Trinajstić information content (AvgIpc) is 2.78. The fourth-order valence-corrected chi connectivity index (χ4v) is 2.64. The van der Waals surface area contributed by atoms with Crippen molar-refractivity contribution in [1.82, 2.24) is 10.1 Å². The van der Waals surface area contributed by atoms with Crippen LogP contribution in [0.3, 0.4) is 0 Å². The lowest BCUT2D eigenvalue weighted by Gasteiger charge is -2.26. The van der Waals surface area contributed by atoms with Crippen LogP contribution in [0.5, 0.6) is 0 Å². The standard InChI is InChI=1S/C13H24N4O/c1-3-17(2)12-15-11(18-16-12)13(10-14)8-6-4-5-7-9-13/h3-10,14H2,1-2H3. The van der Waals surface area contributed by atoms with Gasteiger partial charge in [0.2, 0.25) is 5.89 Å². The van der Waals surface area contributed by atoms with E-state index in [0.29, 0.717) is 12.5 Å². The minimum atomic E-state index is -0.0870. The van der Waals surface area contributed by atoms with Gasteiger partial charge in [0.05, 0.1) is 5.41 Å². The molecule has 0 aliphatic heterocycles. The SMILES string of the molecule is CCN(C)c1noc(C2(CN)CCCCCC2)n1. The summed E-state index contributed by atoms with van der Waals surface area (Å²) in [4.78, 5) is 6.54. The summed E-state index contributed by atoms with van der Waals surface area (Å²) >= 11 is 0. The van der Waals surface area contributed by atoms with Crippen molar-refractivity contribution in [2.75, 3.05) is 25.0 Å². The molecule has 1 fully saturated rings. The van der Waals surface area contributed by atoms with Crippen LogP contribution in [0.4, 0.5) is 5.95 Å². The largest absolute Gasteiger partial charge is 0.342 e. The Bertz CT molecular complexity index is 369. The summed E-state index contributed by atoms with van der Waals surface area (Å²) in [6.45, 7) is 3.54. The van der Waals surface area contributed by atoms with Crippen LogP contribution in [-0.2, 0) is 5.41 Å². The summed E-state index contributed by atoms with van der Waals surface area (Å²) in [5.74, 6) is 1.41. The van der Waals surface area contributed by atoms with E-state index in [1.54, 1.807) is 0 Å². The Balaban J connectivity index is 2.23. The van der Waals surface area contributed by atoms with Crippen LogP contribution in [0.2, 0.25) is 0 Å². The smallest absolute Gasteiger partial charge is 0.265 e. The highest BCUT2D eigenvalue weighted by Crippen LogP contribution is 2.37. The molecule has 1 aromatic heterocycles. The fourth-order valence-electron chi connectivity index (χ4n) is 2.64. The van der Waals surface area contributed by atoms with E-state index in [1.807, 2.05) is 11.9 Å². The number of hydrogen-bond donors (Lipinski definition) is 1. The molecule has 0 bridgehead atoms. The monoisotopic (exact) mass is 252 g/mol. The molecule has 5 heteroatoms. The Morgan fingerprint density at radius 3 is 2.50 bits per heavy atom. The summed E-state index contributed by atoms with van der Waals surface area (Å²) in [5.41, 5.74) is 5.93. The van der Waals surface area contributed by atoms with Gasteiger partial charge in [0, 0.05) is 20.1 Å². The molecule has 0 saturated heterocycles. The molecule has 0 amide bonds. The first kappa shape index (κ1) is 13.3. The molecule has 5 nitrogen and oxygen atoms in total. The number of rotatable bonds is 4.